The zero-order valence-corrected chi connectivity index (χ0v) is 17.5. The van der Waals surface area contributed by atoms with Gasteiger partial charge in [0.15, 0.2) is 5.96 Å². The number of piperidine rings is 1. The minimum atomic E-state index is -0.142. The number of guanidine groups is 1. The van der Waals surface area contributed by atoms with Gasteiger partial charge in [-0.1, -0.05) is 6.92 Å². The maximum atomic E-state index is 12.0. The molecule has 0 saturated carbocycles. The van der Waals surface area contributed by atoms with Crippen LogP contribution in [0.2, 0.25) is 0 Å². The maximum absolute atomic E-state index is 12.0. The Kier molecular flexibility index (Phi) is 11.8. The number of carbonyl (C=O) groups is 2. The van der Waals surface area contributed by atoms with Crippen molar-refractivity contribution in [2.45, 2.75) is 33.1 Å². The lowest BCUT2D eigenvalue weighted by atomic mass is 9.98. The molecule has 0 radical (unpaired) electrons. The molecule has 0 bridgehead atoms. The third-order valence-corrected chi connectivity index (χ3v) is 3.74. The minimum Gasteiger partial charge on any atom is -0.466 e. The third kappa shape index (κ3) is 7.67. The van der Waals surface area contributed by atoms with Crippen molar-refractivity contribution in [3.63, 3.8) is 0 Å². The number of likely N-dealkylation sites (tertiary alicyclic amines) is 1. The normalized spacial score (nSPS) is 17.8. The molecule has 1 rings (SSSR count). The van der Waals surface area contributed by atoms with Crippen molar-refractivity contribution in [1.82, 2.24) is 15.1 Å². The number of ether oxygens (including phenoxy) is 1. The molecule has 8 heteroatoms. The first kappa shape index (κ1) is 22.9. The zero-order valence-electron chi connectivity index (χ0n) is 15.2. The van der Waals surface area contributed by atoms with Crippen LogP contribution >= 0.6 is 24.0 Å². The number of amides is 1. The Hall–Kier alpha value is -1.06. The van der Waals surface area contributed by atoms with Crippen molar-refractivity contribution in [2.24, 2.45) is 10.9 Å². The van der Waals surface area contributed by atoms with E-state index in [2.05, 4.69) is 22.1 Å². The van der Waals surface area contributed by atoms with Gasteiger partial charge in [0.05, 0.1) is 12.5 Å². The molecule has 24 heavy (non-hydrogen) atoms. The molecule has 1 amide bonds. The number of halogens is 1. The van der Waals surface area contributed by atoms with Gasteiger partial charge in [-0.05, 0) is 26.2 Å². The maximum Gasteiger partial charge on any atom is 0.310 e. The fourth-order valence-electron chi connectivity index (χ4n) is 2.41. The van der Waals surface area contributed by atoms with E-state index in [1.54, 1.807) is 14.1 Å². The van der Waals surface area contributed by atoms with Crippen molar-refractivity contribution in [3.8, 4) is 0 Å². The lowest BCUT2D eigenvalue weighted by Crippen LogP contribution is -2.48. The molecule has 1 N–H and O–H groups in total. The van der Waals surface area contributed by atoms with Gasteiger partial charge in [-0.25, -0.2) is 4.99 Å². The van der Waals surface area contributed by atoms with Crippen LogP contribution in [0.4, 0.5) is 0 Å². The summed E-state index contributed by atoms with van der Waals surface area (Å²) in [7, 11) is 3.43. The lowest BCUT2D eigenvalue weighted by Gasteiger charge is -2.34. The molecular weight excluding hydrogens is 423 g/mol. The second kappa shape index (κ2) is 12.3. The predicted molar refractivity (Wildman–Crippen MR) is 106 cm³/mol. The van der Waals surface area contributed by atoms with E-state index in [1.165, 1.54) is 4.90 Å². The van der Waals surface area contributed by atoms with Crippen molar-refractivity contribution in [2.75, 3.05) is 46.9 Å². The van der Waals surface area contributed by atoms with Gasteiger partial charge in [-0.2, -0.15) is 0 Å². The fraction of sp³-hybridized carbons (Fsp3) is 0.812. The van der Waals surface area contributed by atoms with Crippen LogP contribution in [0.1, 0.15) is 33.1 Å². The summed E-state index contributed by atoms with van der Waals surface area (Å²) in [6, 6.07) is 0. The van der Waals surface area contributed by atoms with Gasteiger partial charge >= 0.3 is 5.97 Å². The smallest absolute Gasteiger partial charge is 0.310 e. The highest BCUT2D eigenvalue weighted by atomic mass is 127. The van der Waals surface area contributed by atoms with Crippen LogP contribution in [0, 0.1) is 5.92 Å². The Balaban J connectivity index is 0.00000529. The van der Waals surface area contributed by atoms with Crippen LogP contribution in [0.25, 0.3) is 0 Å². The molecule has 1 heterocycles. The number of nitrogens with zero attached hydrogens (tertiary/aromatic N) is 3. The Morgan fingerprint density at radius 2 is 2.04 bits per heavy atom. The largest absolute Gasteiger partial charge is 0.466 e. The Morgan fingerprint density at radius 1 is 1.33 bits per heavy atom. The van der Waals surface area contributed by atoms with Crippen LogP contribution in [0.15, 0.2) is 4.99 Å². The van der Waals surface area contributed by atoms with Crippen molar-refractivity contribution >= 4 is 41.8 Å². The molecule has 1 aliphatic heterocycles. The summed E-state index contributed by atoms with van der Waals surface area (Å²) in [5, 5.41) is 3.28. The molecule has 0 aromatic carbocycles. The van der Waals surface area contributed by atoms with E-state index in [0.29, 0.717) is 19.1 Å². The van der Waals surface area contributed by atoms with Crippen LogP contribution in [-0.4, -0.2) is 74.5 Å². The highest BCUT2D eigenvalue weighted by Gasteiger charge is 2.28. The molecule has 0 aromatic heterocycles. The van der Waals surface area contributed by atoms with Gasteiger partial charge in [0, 0.05) is 33.7 Å². The highest BCUT2D eigenvalue weighted by molar-refractivity contribution is 14.0. The number of nitrogens with one attached hydrogen (secondary N) is 1. The molecule has 0 aromatic rings. The summed E-state index contributed by atoms with van der Waals surface area (Å²) < 4.78 is 5.13. The number of carbonyl (C=O) groups excluding carboxylic acids is 2. The van der Waals surface area contributed by atoms with Gasteiger partial charge in [0.2, 0.25) is 5.91 Å². The average Bonchev–Trinajstić information content (AvgIpc) is 2.55. The molecule has 0 aliphatic carbocycles. The van der Waals surface area contributed by atoms with Gasteiger partial charge in [-0.3, -0.25) is 9.59 Å². The van der Waals surface area contributed by atoms with E-state index in [1.807, 2.05) is 6.92 Å². The fourth-order valence-corrected chi connectivity index (χ4v) is 2.41. The molecule has 140 valence electrons. The minimum absolute atomic E-state index is 0. The molecule has 0 spiro atoms. The van der Waals surface area contributed by atoms with E-state index < -0.39 is 0 Å². The first-order chi connectivity index (χ1) is 11.0. The van der Waals surface area contributed by atoms with Crippen LogP contribution in [0.5, 0.6) is 0 Å². The number of hydrogen-bond acceptors (Lipinski definition) is 4. The van der Waals surface area contributed by atoms with E-state index in [9.17, 15) is 9.59 Å². The number of rotatable bonds is 6. The Bertz CT molecular complexity index is 430. The van der Waals surface area contributed by atoms with Gasteiger partial charge < -0.3 is 19.9 Å². The number of esters is 1. The molecule has 1 unspecified atom stereocenters. The highest BCUT2D eigenvalue weighted by Crippen LogP contribution is 2.18. The molecule has 1 fully saturated rings. The van der Waals surface area contributed by atoms with E-state index >= 15 is 0 Å². The van der Waals surface area contributed by atoms with Crippen LogP contribution < -0.4 is 5.32 Å². The first-order valence-corrected chi connectivity index (χ1v) is 8.39. The first-order valence-electron chi connectivity index (χ1n) is 8.39. The second-order valence-corrected chi connectivity index (χ2v) is 5.89. The van der Waals surface area contributed by atoms with Gasteiger partial charge in [0.25, 0.3) is 0 Å². The van der Waals surface area contributed by atoms with Crippen molar-refractivity contribution in [1.29, 1.82) is 0 Å². The summed E-state index contributed by atoms with van der Waals surface area (Å²) in [4.78, 5) is 31.7. The quantitative estimate of drug-likeness (QED) is 0.284. The van der Waals surface area contributed by atoms with Gasteiger partial charge in [0.1, 0.15) is 6.54 Å². The topological polar surface area (TPSA) is 74.2 Å². The third-order valence-electron chi connectivity index (χ3n) is 3.74. The molecule has 7 nitrogen and oxygen atoms in total. The van der Waals surface area contributed by atoms with Gasteiger partial charge in [-0.15, -0.1) is 24.0 Å². The van der Waals surface area contributed by atoms with Crippen LogP contribution in [-0.2, 0) is 14.3 Å². The van der Waals surface area contributed by atoms with E-state index in [-0.39, 0.29) is 48.3 Å². The number of hydrogen-bond donors (Lipinski definition) is 1. The Labute approximate surface area is 162 Å². The second-order valence-electron chi connectivity index (χ2n) is 5.89. The Morgan fingerprint density at radius 3 is 2.62 bits per heavy atom. The van der Waals surface area contributed by atoms with Crippen molar-refractivity contribution < 1.29 is 14.3 Å². The molecule has 1 atom stereocenters. The van der Waals surface area contributed by atoms with Crippen molar-refractivity contribution in [3.05, 3.63) is 0 Å². The summed E-state index contributed by atoms with van der Waals surface area (Å²) in [5.74, 6) is 0.397. The summed E-state index contributed by atoms with van der Waals surface area (Å²) >= 11 is 0. The summed E-state index contributed by atoms with van der Waals surface area (Å²) in [5.41, 5.74) is 0. The predicted octanol–water partition coefficient (Wildman–Crippen LogP) is 1.32. The molecule has 1 saturated heterocycles. The van der Waals surface area contributed by atoms with E-state index in [4.69, 9.17) is 4.74 Å². The lowest BCUT2D eigenvalue weighted by molar-refractivity contribution is -0.149. The molecule has 1 aliphatic rings. The average molecular weight is 454 g/mol. The molecular formula is C16H31IN4O3. The number of aliphatic imine (C=N–C) groups is 1. The standard InChI is InChI=1S/C16H30N4O3.HI/c1-5-9-17-16(18-11-14(21)19(3)4)20-10-7-8-13(12-20)15(22)23-6-2;/h13H,5-12H2,1-4H3,(H,17,18);1H. The number of likely N-dealkylation sites (N-methyl/N-ethyl adjacent to an activating group) is 1. The van der Waals surface area contributed by atoms with Crippen LogP contribution in [0.3, 0.4) is 0 Å². The SMILES string of the molecule is CCCNC(=NCC(=O)N(C)C)N1CCCC(C(=O)OCC)C1.I. The monoisotopic (exact) mass is 454 g/mol. The summed E-state index contributed by atoms with van der Waals surface area (Å²) in [6.07, 6.45) is 2.72. The summed E-state index contributed by atoms with van der Waals surface area (Å²) in [6.45, 7) is 6.62. The van der Waals surface area contributed by atoms with E-state index in [0.717, 1.165) is 32.4 Å². The zero-order chi connectivity index (χ0) is 17.2.